The summed E-state index contributed by atoms with van der Waals surface area (Å²) in [6, 6.07) is 0. The molecule has 0 atom stereocenters. The summed E-state index contributed by atoms with van der Waals surface area (Å²) < 4.78 is 4.17. The molecule has 0 fully saturated rings. The molecular weight excluding hydrogens is 188 g/mol. The number of hydrogen-bond donors (Lipinski definition) is 1. The highest BCUT2D eigenvalue weighted by Gasteiger charge is 1.97. The van der Waals surface area contributed by atoms with Crippen LogP contribution in [0.15, 0.2) is 12.8 Å². The van der Waals surface area contributed by atoms with Crippen LogP contribution in [-0.4, -0.2) is 22.8 Å². The van der Waals surface area contributed by atoms with Crippen molar-refractivity contribution >= 4 is 17.7 Å². The molecule has 0 spiro atoms. The molecular formula is C9H14O5. The van der Waals surface area contributed by atoms with Gasteiger partial charge in [-0.25, -0.2) is 0 Å². The smallest absolute Gasteiger partial charge is 0.307 e. The minimum atomic E-state index is -0.916. The van der Waals surface area contributed by atoms with Crippen LogP contribution in [0.2, 0.25) is 0 Å². The minimum Gasteiger partial charge on any atom is -0.481 e. The van der Waals surface area contributed by atoms with Crippen molar-refractivity contribution in [2.45, 2.75) is 26.7 Å². The lowest BCUT2D eigenvalue weighted by molar-refractivity contribution is -0.138. The van der Waals surface area contributed by atoms with Gasteiger partial charge in [-0.15, -0.1) is 0 Å². The fourth-order valence-electron chi connectivity index (χ4n) is 0.400. The van der Waals surface area contributed by atoms with Gasteiger partial charge in [0.1, 0.15) is 5.78 Å². The number of hydrogen-bond acceptors (Lipinski definition) is 4. The molecule has 0 unspecified atom stereocenters. The Balaban J connectivity index is 0. The first-order valence-corrected chi connectivity index (χ1v) is 3.89. The largest absolute Gasteiger partial charge is 0.481 e. The molecule has 0 heterocycles. The number of rotatable bonds is 4. The van der Waals surface area contributed by atoms with Crippen molar-refractivity contribution in [1.29, 1.82) is 0 Å². The maximum absolute atomic E-state index is 10.1. The van der Waals surface area contributed by atoms with Crippen LogP contribution in [0.5, 0.6) is 0 Å². The average Bonchev–Trinajstić information content (AvgIpc) is 2.01. The van der Waals surface area contributed by atoms with E-state index < -0.39 is 5.97 Å². The van der Waals surface area contributed by atoms with Gasteiger partial charge < -0.3 is 14.6 Å². The highest BCUT2D eigenvalue weighted by molar-refractivity contribution is 5.80. The molecule has 80 valence electrons. The van der Waals surface area contributed by atoms with Crippen molar-refractivity contribution in [3.8, 4) is 0 Å². The van der Waals surface area contributed by atoms with Gasteiger partial charge in [0.15, 0.2) is 0 Å². The van der Waals surface area contributed by atoms with E-state index in [1.807, 2.05) is 0 Å². The second kappa shape index (κ2) is 9.44. The zero-order chi connectivity index (χ0) is 11.6. The minimum absolute atomic E-state index is 0.0463. The third-order valence-corrected chi connectivity index (χ3v) is 0.940. The third-order valence-electron chi connectivity index (χ3n) is 0.940. The second-order valence-corrected chi connectivity index (χ2v) is 2.37. The summed E-state index contributed by atoms with van der Waals surface area (Å²) in [6.45, 7) is 5.86. The Kier molecular flexibility index (Phi) is 10.0. The molecule has 0 aliphatic carbocycles. The number of carboxylic acid groups (broad SMARTS) is 1. The molecule has 0 aliphatic heterocycles. The molecule has 14 heavy (non-hydrogen) atoms. The summed E-state index contributed by atoms with van der Waals surface area (Å²) in [4.78, 5) is 29.6. The van der Waals surface area contributed by atoms with E-state index >= 15 is 0 Å². The Morgan fingerprint density at radius 3 is 1.86 bits per heavy atom. The van der Waals surface area contributed by atoms with Gasteiger partial charge in [0.05, 0.1) is 12.7 Å². The number of carbonyl (C=O) groups is 3. The van der Waals surface area contributed by atoms with Crippen molar-refractivity contribution in [3.05, 3.63) is 12.8 Å². The van der Waals surface area contributed by atoms with Crippen molar-refractivity contribution in [1.82, 2.24) is 0 Å². The van der Waals surface area contributed by atoms with Crippen molar-refractivity contribution in [2.24, 2.45) is 0 Å². The topological polar surface area (TPSA) is 80.7 Å². The lowest BCUT2D eigenvalue weighted by Crippen LogP contribution is -1.98. The quantitative estimate of drug-likeness (QED) is 0.546. The predicted octanol–water partition coefficient (Wildman–Crippen LogP) is 1.13. The van der Waals surface area contributed by atoms with Gasteiger partial charge in [-0.05, 0) is 6.92 Å². The van der Waals surface area contributed by atoms with E-state index in [4.69, 9.17) is 5.11 Å². The van der Waals surface area contributed by atoms with Crippen LogP contribution in [0.1, 0.15) is 26.7 Å². The number of esters is 1. The van der Waals surface area contributed by atoms with Gasteiger partial charge in [-0.3, -0.25) is 9.59 Å². The van der Waals surface area contributed by atoms with Crippen molar-refractivity contribution in [3.63, 3.8) is 0 Å². The highest BCUT2D eigenvalue weighted by atomic mass is 16.5. The van der Waals surface area contributed by atoms with E-state index in [1.54, 1.807) is 0 Å². The molecule has 5 heteroatoms. The van der Waals surface area contributed by atoms with Crippen LogP contribution in [0.4, 0.5) is 0 Å². The fraction of sp³-hybridized carbons (Fsp3) is 0.444. The first-order chi connectivity index (χ1) is 6.40. The zero-order valence-electron chi connectivity index (χ0n) is 8.28. The van der Waals surface area contributed by atoms with E-state index in [-0.39, 0.29) is 24.6 Å². The Bertz CT molecular complexity index is 205. The third kappa shape index (κ3) is 22.4. The van der Waals surface area contributed by atoms with Gasteiger partial charge in [0.25, 0.3) is 0 Å². The van der Waals surface area contributed by atoms with Crippen molar-refractivity contribution in [2.75, 3.05) is 0 Å². The number of Topliss-reactive ketones (excluding diaryl/α,β-unsaturated/α-hetero) is 1. The number of aliphatic carboxylic acids is 1. The standard InChI is InChI=1S/C5H8O3.C4H6O2/c1-4(6)2-3-5(7)8;1-3-6-4(2)5/h2-3H2,1H3,(H,7,8);3H,1H2,2H3. The number of carbonyl (C=O) groups excluding carboxylic acids is 2. The second-order valence-electron chi connectivity index (χ2n) is 2.37. The van der Waals surface area contributed by atoms with E-state index in [2.05, 4.69) is 11.3 Å². The maximum atomic E-state index is 10.1. The predicted molar refractivity (Wildman–Crippen MR) is 49.5 cm³/mol. The van der Waals surface area contributed by atoms with Crippen molar-refractivity contribution < 1.29 is 24.2 Å². The van der Waals surface area contributed by atoms with Gasteiger partial charge in [0.2, 0.25) is 0 Å². The lowest BCUT2D eigenvalue weighted by Gasteiger charge is -1.86. The molecule has 1 N–H and O–H groups in total. The summed E-state index contributed by atoms with van der Waals surface area (Å²) in [5, 5.41) is 8.01. The van der Waals surface area contributed by atoms with E-state index in [9.17, 15) is 14.4 Å². The summed E-state index contributed by atoms with van der Waals surface area (Å²) in [6.07, 6.45) is 1.20. The van der Waals surface area contributed by atoms with Crippen LogP contribution in [0, 0.1) is 0 Å². The van der Waals surface area contributed by atoms with Gasteiger partial charge in [0, 0.05) is 13.3 Å². The van der Waals surface area contributed by atoms with Gasteiger partial charge >= 0.3 is 11.9 Å². The van der Waals surface area contributed by atoms with Crippen LogP contribution >= 0.6 is 0 Å². The summed E-state index contributed by atoms with van der Waals surface area (Å²) in [7, 11) is 0. The van der Waals surface area contributed by atoms with Crippen LogP contribution < -0.4 is 0 Å². The molecule has 0 rings (SSSR count). The van der Waals surface area contributed by atoms with E-state index in [0.29, 0.717) is 0 Å². The monoisotopic (exact) mass is 202 g/mol. The first-order valence-electron chi connectivity index (χ1n) is 3.89. The molecule has 0 amide bonds. The molecule has 0 bridgehead atoms. The first kappa shape index (κ1) is 14.9. The average molecular weight is 202 g/mol. The van der Waals surface area contributed by atoms with Gasteiger partial charge in [-0.1, -0.05) is 6.58 Å². The summed E-state index contributed by atoms with van der Waals surface area (Å²) >= 11 is 0. The molecule has 0 aromatic carbocycles. The molecule has 0 saturated carbocycles. The van der Waals surface area contributed by atoms with E-state index in [0.717, 1.165) is 6.26 Å². The van der Waals surface area contributed by atoms with Crippen LogP contribution in [0.25, 0.3) is 0 Å². The summed E-state index contributed by atoms with van der Waals surface area (Å²) in [5.74, 6) is -1.32. The van der Waals surface area contributed by atoms with E-state index in [1.165, 1.54) is 13.8 Å². The molecule has 5 nitrogen and oxygen atoms in total. The van der Waals surface area contributed by atoms with Crippen LogP contribution in [-0.2, 0) is 19.1 Å². The Morgan fingerprint density at radius 2 is 1.79 bits per heavy atom. The highest BCUT2D eigenvalue weighted by Crippen LogP contribution is 1.87. The zero-order valence-corrected chi connectivity index (χ0v) is 8.28. The number of carboxylic acids is 1. The Hall–Kier alpha value is -1.65. The summed E-state index contributed by atoms with van der Waals surface area (Å²) in [5.41, 5.74) is 0. The van der Waals surface area contributed by atoms with Gasteiger partial charge in [-0.2, -0.15) is 0 Å². The maximum Gasteiger partial charge on any atom is 0.307 e. The molecule has 0 radical (unpaired) electrons. The normalized spacial score (nSPS) is 7.86. The Morgan fingerprint density at radius 1 is 1.29 bits per heavy atom. The molecule has 0 saturated heterocycles. The molecule has 0 aliphatic rings. The SMILES string of the molecule is C=COC(C)=O.CC(=O)CCC(=O)O. The Labute approximate surface area is 82.4 Å². The molecule has 0 aromatic rings. The molecule has 0 aromatic heterocycles. The number of ether oxygens (including phenoxy) is 1. The fourth-order valence-corrected chi connectivity index (χ4v) is 0.400. The number of ketones is 1. The van der Waals surface area contributed by atoms with Crippen LogP contribution in [0.3, 0.4) is 0 Å². The lowest BCUT2D eigenvalue weighted by atomic mass is 10.2.